The molecule has 18 nitrogen and oxygen atoms in total. The van der Waals surface area contributed by atoms with Gasteiger partial charge < -0.3 is 46.5 Å². The van der Waals surface area contributed by atoms with Crippen LogP contribution in [0.4, 0.5) is 33.3 Å². The summed E-state index contributed by atoms with van der Waals surface area (Å²) in [7, 11) is 1.98. The van der Waals surface area contributed by atoms with E-state index < -0.39 is 93.5 Å². The molecule has 6 atom stereocenters. The van der Waals surface area contributed by atoms with Gasteiger partial charge in [0.25, 0.3) is 17.7 Å². The maximum absolute atomic E-state index is 16.0. The number of nitrogens with zero attached hydrogens (tertiary/aromatic N) is 4. The molecule has 1 aliphatic carbocycles. The number of benzene rings is 3. The zero-order valence-corrected chi connectivity index (χ0v) is 50.1. The van der Waals surface area contributed by atoms with Crippen molar-refractivity contribution in [1.82, 2.24) is 41.0 Å². The molecule has 0 unspecified atom stereocenters. The number of carbonyl (C=O) groups is 6. The standard InChI is InChI=1S/C62H75F5N10O8S/c1-35-31-76(32-36(2)75(35)7)49-20-18-40(26-48(49)73-56(82)44-30-70-51(79)28-45(44)62(65,66)67)43-19-17-41(25-46(43)63)55(81)69-24-12-10-8-9-11-23-68-52(80)29-47(38-13-15-39(16-14-38)53-37(3)71-34-86-53)72-57(83)50-27-42(78)33-77(50)58(84)54(60(4,5)6)74-59(85)61(64)21-22-61/h13-20,25-26,28,30,34-36,42,47,50,54,78H,8-12,21-24,27,29,31-33H2,1-7H3,(H,68,80)(H,69,81)(H,70,79)(H,72,83)(H,73,82)(H,74,85)/t35-,36+,42-,47+,50+,54-/m1/s1. The number of aryl methyl sites for hydroxylation is 1. The van der Waals surface area contributed by atoms with E-state index in [1.807, 2.05) is 57.0 Å². The number of halogens is 5. The van der Waals surface area contributed by atoms with Crippen molar-refractivity contribution >= 4 is 58.2 Å². The van der Waals surface area contributed by atoms with Gasteiger partial charge >= 0.3 is 6.18 Å². The molecule has 0 bridgehead atoms. The van der Waals surface area contributed by atoms with Crippen LogP contribution in [-0.2, 0) is 25.4 Å². The average Bonchev–Trinajstić information content (AvgIpc) is 1.65. The number of piperazine rings is 1. The summed E-state index contributed by atoms with van der Waals surface area (Å²) in [6.45, 7) is 12.6. The lowest BCUT2D eigenvalue weighted by atomic mass is 9.85. The lowest BCUT2D eigenvalue weighted by molar-refractivity contribution is -0.145. The summed E-state index contributed by atoms with van der Waals surface area (Å²) in [5.74, 6) is -4.85. The number of amides is 6. The zero-order chi connectivity index (χ0) is 62.4. The van der Waals surface area contributed by atoms with Crippen LogP contribution < -0.4 is 37.0 Å². The number of alkyl halides is 4. The van der Waals surface area contributed by atoms with Crippen molar-refractivity contribution in [2.45, 2.75) is 147 Å². The fourth-order valence-electron chi connectivity index (χ4n) is 10.9. The van der Waals surface area contributed by atoms with E-state index in [9.17, 15) is 56.2 Å². The van der Waals surface area contributed by atoms with Crippen molar-refractivity contribution in [1.29, 1.82) is 0 Å². The summed E-state index contributed by atoms with van der Waals surface area (Å²) < 4.78 is 72.7. The lowest BCUT2D eigenvalue weighted by Gasteiger charge is -2.44. The van der Waals surface area contributed by atoms with Crippen molar-refractivity contribution in [2.24, 2.45) is 5.41 Å². The summed E-state index contributed by atoms with van der Waals surface area (Å²) in [4.78, 5) is 106. The molecule has 3 fully saturated rings. The van der Waals surface area contributed by atoms with Gasteiger partial charge in [0.2, 0.25) is 23.3 Å². The number of rotatable bonds is 22. The van der Waals surface area contributed by atoms with Gasteiger partial charge in [-0.3, -0.25) is 38.5 Å². The topological polar surface area (TPSA) is 238 Å². The maximum atomic E-state index is 16.0. The Hall–Kier alpha value is -7.57. The highest BCUT2D eigenvalue weighted by Crippen LogP contribution is 2.41. The maximum Gasteiger partial charge on any atom is 0.417 e. The first-order valence-electron chi connectivity index (χ1n) is 29.0. The second kappa shape index (κ2) is 27.0. The molecule has 6 amide bonds. The number of aliphatic hydroxyl groups is 1. The van der Waals surface area contributed by atoms with E-state index in [0.717, 1.165) is 41.5 Å². The van der Waals surface area contributed by atoms with Gasteiger partial charge in [-0.05, 0) is 99.9 Å². The summed E-state index contributed by atoms with van der Waals surface area (Å²) >= 11 is 1.48. The molecule has 2 saturated heterocycles. The Morgan fingerprint density at radius 2 is 1.49 bits per heavy atom. The molecular weight excluding hydrogens is 1140 g/mol. The highest BCUT2D eigenvalue weighted by molar-refractivity contribution is 7.13. The van der Waals surface area contributed by atoms with Gasteiger partial charge in [-0.1, -0.05) is 76.4 Å². The van der Waals surface area contributed by atoms with Crippen LogP contribution in [0.15, 0.2) is 83.2 Å². The minimum absolute atomic E-state index is 0.0530. The molecule has 5 aromatic rings. The minimum atomic E-state index is -5.00. The van der Waals surface area contributed by atoms with E-state index in [1.165, 1.54) is 34.4 Å². The molecule has 86 heavy (non-hydrogen) atoms. The Labute approximate surface area is 500 Å². The van der Waals surface area contributed by atoms with Crippen LogP contribution in [0.25, 0.3) is 21.6 Å². The molecule has 3 aliphatic rings. The third-order valence-corrected chi connectivity index (χ3v) is 17.3. The van der Waals surface area contributed by atoms with Gasteiger partial charge in [0.15, 0.2) is 5.67 Å². The highest BCUT2D eigenvalue weighted by atomic mass is 32.1. The monoisotopic (exact) mass is 1210 g/mol. The Bertz CT molecular complexity index is 3350. The first-order valence-corrected chi connectivity index (χ1v) is 29.9. The Balaban J connectivity index is 0.829. The van der Waals surface area contributed by atoms with Crippen LogP contribution in [0.3, 0.4) is 0 Å². The van der Waals surface area contributed by atoms with Gasteiger partial charge in [-0.2, -0.15) is 13.2 Å². The predicted octanol–water partition coefficient (Wildman–Crippen LogP) is 8.45. The number of aromatic nitrogens is 2. The lowest BCUT2D eigenvalue weighted by Crippen LogP contribution is -2.59. The number of anilines is 2. The normalized spacial score (nSPS) is 19.3. The molecular formula is C62H75F5N10O8S. The number of thiazole rings is 1. The first-order chi connectivity index (χ1) is 40.6. The number of aromatic amines is 1. The molecule has 24 heteroatoms. The molecule has 8 rings (SSSR count). The van der Waals surface area contributed by atoms with Crippen molar-refractivity contribution in [3.63, 3.8) is 0 Å². The number of hydrogen-bond donors (Lipinski definition) is 7. The third kappa shape index (κ3) is 15.7. The van der Waals surface area contributed by atoms with Crippen LogP contribution in [0, 0.1) is 18.2 Å². The van der Waals surface area contributed by atoms with Gasteiger partial charge in [0, 0.05) is 74.6 Å². The van der Waals surface area contributed by atoms with Crippen LogP contribution >= 0.6 is 11.3 Å². The second-order valence-electron chi connectivity index (χ2n) is 23.9. The molecule has 4 heterocycles. The number of β-amino-alcohol motifs (C(OH)–C–C–N with tert-alkyl or cyclic N) is 1. The molecule has 7 N–H and O–H groups in total. The number of likely N-dealkylation sites (tertiary alicyclic amines) is 1. The zero-order valence-electron chi connectivity index (χ0n) is 49.3. The first kappa shape index (κ1) is 64.4. The van der Waals surface area contributed by atoms with Gasteiger partial charge in [0.1, 0.15) is 17.9 Å². The summed E-state index contributed by atoms with van der Waals surface area (Å²) in [6, 6.07) is 13.4. The molecule has 3 aromatic carbocycles. The van der Waals surface area contributed by atoms with Crippen LogP contribution in [-0.4, -0.2) is 136 Å². The Morgan fingerprint density at radius 3 is 2.10 bits per heavy atom. The van der Waals surface area contributed by atoms with Gasteiger partial charge in [0.05, 0.1) is 57.1 Å². The second-order valence-corrected chi connectivity index (χ2v) is 24.8. The molecule has 1 saturated carbocycles. The summed E-state index contributed by atoms with van der Waals surface area (Å²) in [5.41, 5.74) is -0.999. The Morgan fingerprint density at radius 1 is 0.837 bits per heavy atom. The molecule has 2 aromatic heterocycles. The van der Waals surface area contributed by atoms with Crippen molar-refractivity contribution < 1.29 is 55.8 Å². The molecule has 0 radical (unpaired) electrons. The van der Waals surface area contributed by atoms with Crippen LogP contribution in [0.2, 0.25) is 0 Å². The molecule has 462 valence electrons. The van der Waals surface area contributed by atoms with Crippen molar-refractivity contribution in [3.8, 4) is 21.6 Å². The number of hydrogen-bond acceptors (Lipinski definition) is 12. The fraction of sp³-hybridized carbons (Fsp3) is 0.484. The predicted molar refractivity (Wildman–Crippen MR) is 318 cm³/mol. The number of likely N-dealkylation sites (N-methyl/N-ethyl adjacent to an activating group) is 1. The number of unbranched alkanes of at least 4 members (excludes halogenated alkanes) is 4. The molecule has 2 aliphatic heterocycles. The van der Waals surface area contributed by atoms with E-state index in [2.05, 4.69) is 41.5 Å². The minimum Gasteiger partial charge on any atom is -0.391 e. The number of carbonyl (C=O) groups excluding carboxylic acids is 6. The van der Waals surface area contributed by atoms with Gasteiger partial charge in [-0.25, -0.2) is 13.8 Å². The highest BCUT2D eigenvalue weighted by Gasteiger charge is 2.53. The van der Waals surface area contributed by atoms with E-state index >= 15 is 4.39 Å². The number of aliphatic hydroxyl groups excluding tert-OH is 1. The quantitative estimate of drug-likeness (QED) is 0.0256. The SMILES string of the molecule is Cc1ncsc1-c1ccc([C@H](CC(=O)NCCCCCCCNC(=O)c2ccc(-c3ccc(N4C[C@@H](C)N(C)[C@@H](C)C4)c(NC(=O)c4c[nH]c(=O)cc4C(F)(F)F)c3)c(F)c2)NC(=O)[C@@H]2C[C@@H](O)CN2C(=O)[C@@H](NC(=O)C2(F)CC2)C(C)(C)C)cc1. The number of H-pyrrole nitrogens is 1. The summed E-state index contributed by atoms with van der Waals surface area (Å²) in [6.07, 6.45) is -1.97. The van der Waals surface area contributed by atoms with Crippen molar-refractivity contribution in [3.05, 3.63) is 123 Å². The Kier molecular flexibility index (Phi) is 20.2. The van der Waals surface area contributed by atoms with E-state index in [4.69, 9.17) is 0 Å². The largest absolute Gasteiger partial charge is 0.417 e. The average molecular weight is 1220 g/mol. The van der Waals surface area contributed by atoms with E-state index in [0.29, 0.717) is 62.5 Å². The fourth-order valence-corrected chi connectivity index (χ4v) is 11.7. The van der Waals surface area contributed by atoms with Crippen molar-refractivity contribution in [2.75, 3.05) is 50.0 Å². The third-order valence-electron chi connectivity index (χ3n) is 16.3. The van der Waals surface area contributed by atoms with Crippen LogP contribution in [0.1, 0.15) is 136 Å². The van der Waals surface area contributed by atoms with Crippen LogP contribution in [0.5, 0.6) is 0 Å². The summed E-state index contributed by atoms with van der Waals surface area (Å²) in [5, 5.41) is 24.7. The van der Waals surface area contributed by atoms with E-state index in [-0.39, 0.29) is 72.6 Å². The molecule has 0 spiro atoms. The van der Waals surface area contributed by atoms with E-state index in [1.54, 1.807) is 38.4 Å². The number of nitrogens with one attached hydrogen (secondary N) is 6. The van der Waals surface area contributed by atoms with Gasteiger partial charge in [-0.15, -0.1) is 11.3 Å². The smallest absolute Gasteiger partial charge is 0.391 e. The number of pyridine rings is 1.